The quantitative estimate of drug-likeness (QED) is 0.735. The second kappa shape index (κ2) is 3.19. The average Bonchev–Trinajstić information content (AvgIpc) is 2.44. The molecule has 2 aromatic rings. The summed E-state index contributed by atoms with van der Waals surface area (Å²) in [6.45, 7) is 0. The Morgan fingerprint density at radius 2 is 2.36 bits per heavy atom. The van der Waals surface area contributed by atoms with Gasteiger partial charge in [-0.25, -0.2) is 4.79 Å². The summed E-state index contributed by atoms with van der Waals surface area (Å²) in [6.07, 6.45) is 0.231. The van der Waals surface area contributed by atoms with Gasteiger partial charge >= 0.3 is 6.16 Å². The van der Waals surface area contributed by atoms with Crippen LogP contribution in [0.1, 0.15) is 0 Å². The molecule has 0 bridgehead atoms. The van der Waals surface area contributed by atoms with Gasteiger partial charge in [0, 0.05) is 6.20 Å². The van der Waals surface area contributed by atoms with Gasteiger partial charge in [-0.1, -0.05) is 17.7 Å². The van der Waals surface area contributed by atoms with E-state index in [2.05, 4.69) is 9.72 Å². The van der Waals surface area contributed by atoms with Crippen LogP contribution in [0.2, 0.25) is 5.15 Å². The fraction of sp³-hybridized carbons (Fsp3) is 0. The second-order valence-electron chi connectivity index (χ2n) is 2.50. The highest BCUT2D eigenvalue weighted by atomic mass is 35.5. The summed E-state index contributed by atoms with van der Waals surface area (Å²) in [7, 11) is 0. The molecule has 72 valence electrons. The molecule has 0 aliphatic heterocycles. The first-order valence-electron chi connectivity index (χ1n) is 3.72. The highest BCUT2D eigenvalue weighted by molar-refractivity contribution is 6.31. The normalized spacial score (nSPS) is 10.4. The first-order valence-corrected chi connectivity index (χ1v) is 4.09. The smallest absolute Gasteiger partial charge is 0.449 e. The molecular weight excluding hydrogens is 208 g/mol. The van der Waals surface area contributed by atoms with Crippen LogP contribution in [0.25, 0.3) is 5.65 Å². The largest absolute Gasteiger partial charge is 0.512 e. The molecule has 2 heterocycles. The predicted molar refractivity (Wildman–Crippen MR) is 48.9 cm³/mol. The topological polar surface area (TPSA) is 63.8 Å². The van der Waals surface area contributed by atoms with Gasteiger partial charge in [-0.2, -0.15) is 4.98 Å². The maximum atomic E-state index is 10.3. The molecule has 14 heavy (non-hydrogen) atoms. The SMILES string of the molecule is O=C(O)Oc1nc2ccccn2c1Cl. The van der Waals surface area contributed by atoms with Gasteiger partial charge in [0.05, 0.1) is 0 Å². The van der Waals surface area contributed by atoms with E-state index >= 15 is 0 Å². The summed E-state index contributed by atoms with van der Waals surface area (Å²) in [6, 6.07) is 5.22. The first kappa shape index (κ1) is 8.83. The van der Waals surface area contributed by atoms with Gasteiger partial charge in [-0.05, 0) is 12.1 Å². The van der Waals surface area contributed by atoms with Crippen molar-refractivity contribution < 1.29 is 14.6 Å². The van der Waals surface area contributed by atoms with Crippen LogP contribution in [-0.4, -0.2) is 20.6 Å². The number of imidazole rings is 1. The predicted octanol–water partition coefficient (Wildman–Crippen LogP) is 2.04. The lowest BCUT2D eigenvalue weighted by atomic mass is 10.5. The van der Waals surface area contributed by atoms with Gasteiger partial charge in [-0.15, -0.1) is 0 Å². The fourth-order valence-corrected chi connectivity index (χ4v) is 1.32. The average molecular weight is 213 g/mol. The number of hydrogen-bond donors (Lipinski definition) is 1. The molecule has 0 saturated carbocycles. The van der Waals surface area contributed by atoms with Crippen molar-refractivity contribution in [2.45, 2.75) is 0 Å². The number of halogens is 1. The van der Waals surface area contributed by atoms with Crippen molar-refractivity contribution in [2.24, 2.45) is 0 Å². The minimum absolute atomic E-state index is 0.106. The molecule has 0 aromatic carbocycles. The van der Waals surface area contributed by atoms with Crippen LogP contribution in [0, 0.1) is 0 Å². The van der Waals surface area contributed by atoms with Crippen LogP contribution >= 0.6 is 11.6 Å². The standard InChI is InChI=1S/C8H5ClN2O3/c9-6-7(14-8(12)13)10-5-3-1-2-4-11(5)6/h1-4H,(H,12,13). The first-order chi connectivity index (χ1) is 6.68. The minimum atomic E-state index is -1.43. The Morgan fingerprint density at radius 3 is 3.00 bits per heavy atom. The number of carboxylic acid groups (broad SMARTS) is 1. The molecule has 6 heteroatoms. The molecule has 0 fully saturated rings. The highest BCUT2D eigenvalue weighted by Crippen LogP contribution is 2.24. The third-order valence-corrected chi connectivity index (χ3v) is 1.97. The number of nitrogens with zero attached hydrogens (tertiary/aromatic N) is 2. The van der Waals surface area contributed by atoms with Crippen molar-refractivity contribution in [1.82, 2.24) is 9.38 Å². The van der Waals surface area contributed by atoms with Crippen molar-refractivity contribution in [3.63, 3.8) is 0 Å². The number of rotatable bonds is 1. The summed E-state index contributed by atoms with van der Waals surface area (Å²) >= 11 is 5.81. The number of pyridine rings is 1. The van der Waals surface area contributed by atoms with E-state index in [1.165, 1.54) is 4.40 Å². The Balaban J connectivity index is 2.57. The summed E-state index contributed by atoms with van der Waals surface area (Å²) < 4.78 is 5.91. The number of fused-ring (bicyclic) bond motifs is 1. The molecule has 0 unspecified atom stereocenters. The molecule has 2 aromatic heterocycles. The fourth-order valence-electron chi connectivity index (χ4n) is 1.09. The third kappa shape index (κ3) is 1.38. The Labute approximate surface area is 83.5 Å². The van der Waals surface area contributed by atoms with E-state index in [1.54, 1.807) is 24.4 Å². The van der Waals surface area contributed by atoms with Crippen LogP contribution in [0.15, 0.2) is 24.4 Å². The van der Waals surface area contributed by atoms with E-state index in [4.69, 9.17) is 16.7 Å². The van der Waals surface area contributed by atoms with Gasteiger partial charge in [0.25, 0.3) is 5.88 Å². The second-order valence-corrected chi connectivity index (χ2v) is 2.86. The number of carbonyl (C=O) groups is 1. The Hall–Kier alpha value is -1.75. The Kier molecular flexibility index (Phi) is 2.01. The molecule has 0 saturated heterocycles. The van der Waals surface area contributed by atoms with E-state index in [0.29, 0.717) is 5.65 Å². The Morgan fingerprint density at radius 1 is 1.57 bits per heavy atom. The maximum absolute atomic E-state index is 10.3. The van der Waals surface area contributed by atoms with Crippen molar-refractivity contribution in [2.75, 3.05) is 0 Å². The summed E-state index contributed by atoms with van der Waals surface area (Å²) in [5, 5.41) is 8.53. The molecule has 2 rings (SSSR count). The van der Waals surface area contributed by atoms with Crippen LogP contribution in [0.3, 0.4) is 0 Å². The molecule has 5 nitrogen and oxygen atoms in total. The lowest BCUT2D eigenvalue weighted by Crippen LogP contribution is -2.03. The summed E-state index contributed by atoms with van der Waals surface area (Å²) in [4.78, 5) is 14.1. The minimum Gasteiger partial charge on any atom is -0.449 e. The van der Waals surface area contributed by atoms with E-state index in [0.717, 1.165) is 0 Å². The van der Waals surface area contributed by atoms with E-state index in [1.807, 2.05) is 0 Å². The molecule has 1 N–H and O–H groups in total. The van der Waals surface area contributed by atoms with E-state index in [-0.39, 0.29) is 11.0 Å². The van der Waals surface area contributed by atoms with E-state index in [9.17, 15) is 4.79 Å². The Bertz CT molecular complexity index is 494. The van der Waals surface area contributed by atoms with Crippen LogP contribution in [0.4, 0.5) is 4.79 Å². The third-order valence-electron chi connectivity index (χ3n) is 1.63. The summed E-state index contributed by atoms with van der Waals surface area (Å²) in [5.41, 5.74) is 0.536. The molecule has 0 atom stereocenters. The zero-order valence-electron chi connectivity index (χ0n) is 6.85. The van der Waals surface area contributed by atoms with Crippen molar-refractivity contribution in [3.05, 3.63) is 29.5 Å². The van der Waals surface area contributed by atoms with Crippen LogP contribution in [0.5, 0.6) is 5.88 Å². The van der Waals surface area contributed by atoms with Crippen LogP contribution in [-0.2, 0) is 0 Å². The van der Waals surface area contributed by atoms with Crippen LogP contribution < -0.4 is 4.74 Å². The lowest BCUT2D eigenvalue weighted by Gasteiger charge is -1.93. The monoisotopic (exact) mass is 212 g/mol. The molecular formula is C8H5ClN2O3. The molecule has 0 radical (unpaired) electrons. The van der Waals surface area contributed by atoms with Gasteiger partial charge in [-0.3, -0.25) is 4.40 Å². The zero-order valence-corrected chi connectivity index (χ0v) is 7.60. The van der Waals surface area contributed by atoms with Gasteiger partial charge in [0.1, 0.15) is 5.65 Å². The number of aromatic nitrogens is 2. The van der Waals surface area contributed by atoms with Crippen molar-refractivity contribution in [3.8, 4) is 5.88 Å². The lowest BCUT2D eigenvalue weighted by molar-refractivity contribution is 0.143. The van der Waals surface area contributed by atoms with E-state index < -0.39 is 6.16 Å². The zero-order chi connectivity index (χ0) is 10.1. The molecule has 0 amide bonds. The van der Waals surface area contributed by atoms with Crippen molar-refractivity contribution >= 4 is 23.4 Å². The molecule has 0 aliphatic rings. The maximum Gasteiger partial charge on any atom is 0.512 e. The van der Waals surface area contributed by atoms with Crippen molar-refractivity contribution in [1.29, 1.82) is 0 Å². The van der Waals surface area contributed by atoms with Gasteiger partial charge < -0.3 is 9.84 Å². The van der Waals surface area contributed by atoms with Gasteiger partial charge in [0.15, 0.2) is 5.15 Å². The number of hydrogen-bond acceptors (Lipinski definition) is 3. The highest BCUT2D eigenvalue weighted by Gasteiger charge is 2.13. The van der Waals surface area contributed by atoms with Gasteiger partial charge in [0.2, 0.25) is 0 Å². The molecule has 0 aliphatic carbocycles. The summed E-state index contributed by atoms with van der Waals surface area (Å²) in [5.74, 6) is -0.106. The molecule has 0 spiro atoms. The number of ether oxygens (including phenoxy) is 1.